The summed E-state index contributed by atoms with van der Waals surface area (Å²) in [6.07, 6.45) is 3.46. The van der Waals surface area contributed by atoms with Gasteiger partial charge in [0.1, 0.15) is 0 Å². The van der Waals surface area contributed by atoms with Crippen LogP contribution in [0.5, 0.6) is 11.5 Å². The van der Waals surface area contributed by atoms with Gasteiger partial charge in [0.05, 0.1) is 0 Å². The van der Waals surface area contributed by atoms with Gasteiger partial charge in [-0.3, -0.25) is 4.79 Å². The molecule has 1 aliphatic carbocycles. The number of hydrogen-bond donors (Lipinski definition) is 2. The standard InChI is InChI=1S/C23H27NO5/c1-2-3-4-22(26)24(14-16-5-6-16)15-17-7-9-18(10-8-17)19-11-12-20(25)21(13-19)29-23(27)28/h7-13,16,25H,2-6,14-15H2,1H3,(H,27,28). The number of ether oxygens (including phenoxy) is 1. The van der Waals surface area contributed by atoms with Crippen LogP contribution in [-0.4, -0.2) is 33.7 Å². The highest BCUT2D eigenvalue weighted by Crippen LogP contribution is 2.33. The molecule has 1 fully saturated rings. The number of benzene rings is 2. The Morgan fingerprint density at radius 2 is 1.79 bits per heavy atom. The maximum atomic E-state index is 12.6. The Kier molecular flexibility index (Phi) is 6.75. The van der Waals surface area contributed by atoms with Crippen molar-refractivity contribution in [3.8, 4) is 22.6 Å². The van der Waals surface area contributed by atoms with Crippen molar-refractivity contribution in [2.75, 3.05) is 6.54 Å². The minimum absolute atomic E-state index is 0.101. The van der Waals surface area contributed by atoms with Crippen LogP contribution in [0.25, 0.3) is 11.1 Å². The number of aromatic hydroxyl groups is 1. The Labute approximate surface area is 170 Å². The van der Waals surface area contributed by atoms with Gasteiger partial charge >= 0.3 is 6.16 Å². The van der Waals surface area contributed by atoms with Gasteiger partial charge in [-0.05, 0) is 54.0 Å². The van der Waals surface area contributed by atoms with Crippen LogP contribution < -0.4 is 4.74 Å². The van der Waals surface area contributed by atoms with Crippen molar-refractivity contribution in [1.82, 2.24) is 4.90 Å². The lowest BCUT2D eigenvalue weighted by molar-refractivity contribution is -0.132. The van der Waals surface area contributed by atoms with E-state index < -0.39 is 6.16 Å². The molecule has 0 bridgehead atoms. The van der Waals surface area contributed by atoms with Crippen molar-refractivity contribution < 1.29 is 24.5 Å². The molecule has 0 atom stereocenters. The topological polar surface area (TPSA) is 87.1 Å². The van der Waals surface area contributed by atoms with Crippen molar-refractivity contribution in [3.63, 3.8) is 0 Å². The Balaban J connectivity index is 1.71. The van der Waals surface area contributed by atoms with E-state index in [1.165, 1.54) is 25.0 Å². The SMILES string of the molecule is CCCCC(=O)N(Cc1ccc(-c2ccc(O)c(OC(=O)O)c2)cc1)CC1CC1. The second-order valence-corrected chi connectivity index (χ2v) is 7.57. The molecule has 2 aromatic carbocycles. The number of nitrogens with zero attached hydrogens (tertiary/aromatic N) is 1. The van der Waals surface area contributed by atoms with Gasteiger partial charge in [0, 0.05) is 19.5 Å². The summed E-state index contributed by atoms with van der Waals surface area (Å²) in [5.41, 5.74) is 2.66. The number of carbonyl (C=O) groups is 2. The van der Waals surface area contributed by atoms with Gasteiger partial charge < -0.3 is 19.8 Å². The Hall–Kier alpha value is -3.02. The lowest BCUT2D eigenvalue weighted by atomic mass is 10.0. The van der Waals surface area contributed by atoms with Crippen LogP contribution in [0.2, 0.25) is 0 Å². The number of amides is 1. The molecule has 1 saturated carbocycles. The predicted molar refractivity (Wildman–Crippen MR) is 110 cm³/mol. The van der Waals surface area contributed by atoms with Gasteiger partial charge in [0.15, 0.2) is 11.5 Å². The van der Waals surface area contributed by atoms with E-state index in [4.69, 9.17) is 5.11 Å². The monoisotopic (exact) mass is 397 g/mol. The average Bonchev–Trinajstić information content (AvgIpc) is 3.52. The molecule has 0 spiro atoms. The maximum absolute atomic E-state index is 12.6. The molecule has 1 aliphatic rings. The fourth-order valence-electron chi connectivity index (χ4n) is 3.25. The summed E-state index contributed by atoms with van der Waals surface area (Å²) >= 11 is 0. The van der Waals surface area contributed by atoms with E-state index in [1.54, 1.807) is 6.07 Å². The van der Waals surface area contributed by atoms with Crippen molar-refractivity contribution in [1.29, 1.82) is 0 Å². The number of phenols is 1. The van der Waals surface area contributed by atoms with Gasteiger partial charge in [-0.1, -0.05) is 43.7 Å². The lowest BCUT2D eigenvalue weighted by Gasteiger charge is -2.23. The molecule has 1 amide bonds. The number of carboxylic acid groups (broad SMARTS) is 1. The fraction of sp³-hybridized carbons (Fsp3) is 0.391. The zero-order valence-electron chi connectivity index (χ0n) is 16.6. The molecular weight excluding hydrogens is 370 g/mol. The zero-order chi connectivity index (χ0) is 20.8. The third kappa shape index (κ3) is 5.98. The van der Waals surface area contributed by atoms with Crippen LogP contribution in [0, 0.1) is 5.92 Å². The largest absolute Gasteiger partial charge is 0.511 e. The molecule has 0 saturated heterocycles. The number of unbranched alkanes of at least 4 members (excludes halogenated alkanes) is 1. The predicted octanol–water partition coefficient (Wildman–Crippen LogP) is 5.04. The highest BCUT2D eigenvalue weighted by atomic mass is 16.7. The minimum Gasteiger partial charge on any atom is -0.504 e. The molecule has 0 unspecified atom stereocenters. The lowest BCUT2D eigenvalue weighted by Crippen LogP contribution is -2.32. The van der Waals surface area contributed by atoms with Crippen LogP contribution in [0.4, 0.5) is 4.79 Å². The van der Waals surface area contributed by atoms with Crippen LogP contribution in [-0.2, 0) is 11.3 Å². The molecule has 2 aromatic rings. The first kappa shape index (κ1) is 20.7. The second-order valence-electron chi connectivity index (χ2n) is 7.57. The number of phenolic OH excluding ortho intramolecular Hbond substituents is 1. The van der Waals surface area contributed by atoms with E-state index in [0.717, 1.165) is 36.1 Å². The molecule has 0 aliphatic heterocycles. The van der Waals surface area contributed by atoms with Crippen molar-refractivity contribution in [2.45, 2.75) is 45.6 Å². The Morgan fingerprint density at radius 1 is 1.10 bits per heavy atom. The molecule has 6 heteroatoms. The summed E-state index contributed by atoms with van der Waals surface area (Å²) in [6.45, 7) is 3.52. The second kappa shape index (κ2) is 9.45. The van der Waals surface area contributed by atoms with E-state index in [-0.39, 0.29) is 17.4 Å². The maximum Gasteiger partial charge on any atom is 0.511 e. The molecule has 6 nitrogen and oxygen atoms in total. The van der Waals surface area contributed by atoms with Gasteiger partial charge in [0.25, 0.3) is 0 Å². The van der Waals surface area contributed by atoms with Crippen molar-refractivity contribution in [3.05, 3.63) is 48.0 Å². The van der Waals surface area contributed by atoms with Crippen LogP contribution in [0.3, 0.4) is 0 Å². The summed E-state index contributed by atoms with van der Waals surface area (Å²) in [5, 5.41) is 18.5. The molecule has 0 aromatic heterocycles. The minimum atomic E-state index is -1.48. The summed E-state index contributed by atoms with van der Waals surface area (Å²) in [5.74, 6) is 0.534. The van der Waals surface area contributed by atoms with Crippen molar-refractivity contribution in [2.24, 2.45) is 5.92 Å². The summed E-state index contributed by atoms with van der Waals surface area (Å²) in [6, 6.07) is 12.4. The fourth-order valence-corrected chi connectivity index (χ4v) is 3.25. The highest BCUT2D eigenvalue weighted by Gasteiger charge is 2.26. The third-order valence-corrected chi connectivity index (χ3v) is 5.09. The summed E-state index contributed by atoms with van der Waals surface area (Å²) < 4.78 is 4.61. The van der Waals surface area contributed by atoms with E-state index in [1.807, 2.05) is 29.2 Å². The van der Waals surface area contributed by atoms with E-state index in [0.29, 0.717) is 18.9 Å². The smallest absolute Gasteiger partial charge is 0.504 e. The number of carbonyl (C=O) groups excluding carboxylic acids is 1. The van der Waals surface area contributed by atoms with Crippen molar-refractivity contribution >= 4 is 12.1 Å². The van der Waals surface area contributed by atoms with Gasteiger partial charge in [-0.2, -0.15) is 0 Å². The quantitative estimate of drug-likeness (QED) is 0.457. The van der Waals surface area contributed by atoms with E-state index in [2.05, 4.69) is 11.7 Å². The Morgan fingerprint density at radius 3 is 2.41 bits per heavy atom. The van der Waals surface area contributed by atoms with E-state index >= 15 is 0 Å². The summed E-state index contributed by atoms with van der Waals surface area (Å²) in [4.78, 5) is 25.3. The Bertz CT molecular complexity index is 858. The third-order valence-electron chi connectivity index (χ3n) is 5.09. The number of rotatable bonds is 9. The highest BCUT2D eigenvalue weighted by molar-refractivity contribution is 5.76. The average molecular weight is 397 g/mol. The zero-order valence-corrected chi connectivity index (χ0v) is 16.6. The normalized spacial score (nSPS) is 13.1. The molecule has 154 valence electrons. The van der Waals surface area contributed by atoms with Gasteiger partial charge in [0.2, 0.25) is 5.91 Å². The first-order chi connectivity index (χ1) is 14.0. The first-order valence-electron chi connectivity index (χ1n) is 10.1. The molecule has 3 rings (SSSR count). The summed E-state index contributed by atoms with van der Waals surface area (Å²) in [7, 11) is 0. The molecular formula is C23H27NO5. The van der Waals surface area contributed by atoms with Gasteiger partial charge in [-0.15, -0.1) is 0 Å². The molecule has 0 heterocycles. The van der Waals surface area contributed by atoms with Crippen LogP contribution in [0.1, 0.15) is 44.6 Å². The van der Waals surface area contributed by atoms with Crippen LogP contribution >= 0.6 is 0 Å². The van der Waals surface area contributed by atoms with Crippen LogP contribution in [0.15, 0.2) is 42.5 Å². The first-order valence-corrected chi connectivity index (χ1v) is 10.1. The molecule has 0 radical (unpaired) electrons. The van der Waals surface area contributed by atoms with Gasteiger partial charge in [-0.25, -0.2) is 4.79 Å². The molecule has 2 N–H and O–H groups in total. The number of hydrogen-bond acceptors (Lipinski definition) is 4. The van der Waals surface area contributed by atoms with E-state index in [9.17, 15) is 14.7 Å². The molecule has 29 heavy (non-hydrogen) atoms.